The molecular formula is C54H97N3O4. The molecule has 0 saturated heterocycles. The molecule has 0 aliphatic carbocycles. The maximum atomic E-state index is 10.8. The summed E-state index contributed by atoms with van der Waals surface area (Å²) in [5.41, 5.74) is 3.68. The lowest BCUT2D eigenvalue weighted by Crippen LogP contribution is -2.27. The zero-order valence-corrected chi connectivity index (χ0v) is 39.9. The summed E-state index contributed by atoms with van der Waals surface area (Å²) in [6.45, 7) is 7.34. The van der Waals surface area contributed by atoms with Gasteiger partial charge in [-0.15, -0.1) is 0 Å². The molecule has 0 aromatic heterocycles. The van der Waals surface area contributed by atoms with Gasteiger partial charge in [0.1, 0.15) is 0 Å². The van der Waals surface area contributed by atoms with Gasteiger partial charge in [0.15, 0.2) is 0 Å². The second-order valence-electron chi connectivity index (χ2n) is 18.1. The molecule has 0 radical (unpaired) electrons. The van der Waals surface area contributed by atoms with Crippen molar-refractivity contribution in [1.29, 1.82) is 0 Å². The lowest BCUT2D eigenvalue weighted by Gasteiger charge is -2.20. The smallest absolute Gasteiger partial charge is 0.0945 e. The third kappa shape index (κ3) is 33.9. The van der Waals surface area contributed by atoms with Crippen LogP contribution in [0.3, 0.4) is 0 Å². The summed E-state index contributed by atoms with van der Waals surface area (Å²) in [6, 6.07) is 16.2. The summed E-state index contributed by atoms with van der Waals surface area (Å²) in [7, 11) is 0. The number of anilines is 4. The van der Waals surface area contributed by atoms with E-state index in [1.165, 1.54) is 193 Å². The largest absolute Gasteiger partial charge is 0.389 e. The van der Waals surface area contributed by atoms with Crippen LogP contribution in [-0.4, -0.2) is 61.9 Å². The second-order valence-corrected chi connectivity index (χ2v) is 18.1. The number of hydrogen-bond acceptors (Lipinski definition) is 7. The Bertz CT molecular complexity index is 1200. The van der Waals surface area contributed by atoms with Crippen LogP contribution in [0, 0.1) is 0 Å². The first-order valence-corrected chi connectivity index (χ1v) is 26.1. The van der Waals surface area contributed by atoms with E-state index in [0.29, 0.717) is 39.5 Å². The molecule has 2 unspecified atom stereocenters. The number of rotatable bonds is 46. The van der Waals surface area contributed by atoms with Crippen LogP contribution in [0.2, 0.25) is 0 Å². The number of unbranched alkanes of at least 4 members (excludes halogenated alkanes) is 30. The van der Waals surface area contributed by atoms with Gasteiger partial charge >= 0.3 is 0 Å². The molecule has 2 atom stereocenters. The Morgan fingerprint density at radius 2 is 0.738 bits per heavy atom. The van der Waals surface area contributed by atoms with Crippen molar-refractivity contribution in [3.8, 4) is 0 Å². The minimum Gasteiger partial charge on any atom is -0.389 e. The summed E-state index contributed by atoms with van der Waals surface area (Å²) in [6.07, 6.45) is 42.2. The number of aliphatic hydroxyl groups is 2. The van der Waals surface area contributed by atoms with E-state index in [9.17, 15) is 10.2 Å². The minimum atomic E-state index is -0.622. The highest BCUT2D eigenvalue weighted by molar-refractivity contribution is 5.76. The third-order valence-corrected chi connectivity index (χ3v) is 12.0. The summed E-state index contributed by atoms with van der Waals surface area (Å²) < 4.78 is 11.7. The molecule has 61 heavy (non-hydrogen) atoms. The average Bonchev–Trinajstić information content (AvgIpc) is 3.27. The molecule has 7 heteroatoms. The molecule has 5 N–H and O–H groups in total. The normalized spacial score (nSPS) is 12.5. The topological polar surface area (TPSA) is 95.0 Å². The fourth-order valence-electron chi connectivity index (χ4n) is 8.13. The van der Waals surface area contributed by atoms with E-state index in [1.807, 2.05) is 48.5 Å². The van der Waals surface area contributed by atoms with Crippen molar-refractivity contribution in [2.75, 3.05) is 55.5 Å². The van der Waals surface area contributed by atoms with Crippen molar-refractivity contribution >= 4 is 22.7 Å². The number of nitrogens with one attached hydrogen (secondary N) is 3. The molecule has 352 valence electrons. The van der Waals surface area contributed by atoms with E-state index in [2.05, 4.69) is 29.8 Å². The van der Waals surface area contributed by atoms with Gasteiger partial charge in [0, 0.05) is 37.7 Å². The minimum absolute atomic E-state index is 0.311. The SMILES string of the molecule is CCCCCCCCCCCCCCCCCCOCC(O)CNc1ccc(Nc2ccccc2)cc1NCC(O)COCCCCCCCCCCCCCCCCCC. The van der Waals surface area contributed by atoms with Crippen LogP contribution < -0.4 is 16.0 Å². The van der Waals surface area contributed by atoms with Gasteiger partial charge in [-0.2, -0.15) is 0 Å². The molecule has 0 spiro atoms. The van der Waals surface area contributed by atoms with Crippen LogP contribution in [0.4, 0.5) is 22.7 Å². The molecule has 0 amide bonds. The van der Waals surface area contributed by atoms with Crippen LogP contribution in [0.15, 0.2) is 48.5 Å². The number of para-hydroxylation sites is 1. The van der Waals surface area contributed by atoms with Crippen molar-refractivity contribution in [3.63, 3.8) is 0 Å². The molecule has 7 nitrogen and oxygen atoms in total. The van der Waals surface area contributed by atoms with E-state index < -0.39 is 12.2 Å². The number of hydrogen-bond donors (Lipinski definition) is 5. The quantitative estimate of drug-likeness (QED) is 0.0424. The van der Waals surface area contributed by atoms with Crippen LogP contribution in [0.5, 0.6) is 0 Å². The third-order valence-electron chi connectivity index (χ3n) is 12.0. The summed E-state index contributed by atoms with van der Waals surface area (Å²) in [5.74, 6) is 0. The van der Waals surface area contributed by atoms with Crippen molar-refractivity contribution in [1.82, 2.24) is 0 Å². The zero-order chi connectivity index (χ0) is 43.5. The molecule has 0 saturated carbocycles. The first kappa shape index (κ1) is 54.8. The van der Waals surface area contributed by atoms with E-state index in [0.717, 1.165) is 35.6 Å². The molecule has 0 aliphatic rings. The molecule has 2 rings (SSSR count). The Morgan fingerprint density at radius 3 is 1.11 bits per heavy atom. The van der Waals surface area contributed by atoms with Crippen molar-refractivity contribution in [2.24, 2.45) is 0 Å². The maximum absolute atomic E-state index is 10.8. The Balaban J connectivity index is 1.54. The number of benzene rings is 2. The molecule has 2 aromatic rings. The van der Waals surface area contributed by atoms with Gasteiger partial charge in [0.05, 0.1) is 36.8 Å². The number of ether oxygens (including phenoxy) is 2. The van der Waals surface area contributed by atoms with Crippen molar-refractivity contribution in [2.45, 2.75) is 232 Å². The predicted octanol–water partition coefficient (Wildman–Crippen LogP) is 15.5. The fourth-order valence-corrected chi connectivity index (χ4v) is 8.13. The van der Waals surface area contributed by atoms with Gasteiger partial charge in [-0.25, -0.2) is 0 Å². The van der Waals surface area contributed by atoms with Crippen LogP contribution in [0.25, 0.3) is 0 Å². The van der Waals surface area contributed by atoms with Gasteiger partial charge in [0.2, 0.25) is 0 Å². The van der Waals surface area contributed by atoms with Crippen molar-refractivity contribution < 1.29 is 19.7 Å². The van der Waals surface area contributed by atoms with E-state index >= 15 is 0 Å². The molecular weight excluding hydrogens is 755 g/mol. The van der Waals surface area contributed by atoms with E-state index in [4.69, 9.17) is 9.47 Å². The monoisotopic (exact) mass is 852 g/mol. The highest BCUT2D eigenvalue weighted by Crippen LogP contribution is 2.28. The first-order chi connectivity index (χ1) is 30.1. The highest BCUT2D eigenvalue weighted by Gasteiger charge is 2.11. The van der Waals surface area contributed by atoms with E-state index in [-0.39, 0.29) is 0 Å². The van der Waals surface area contributed by atoms with Gasteiger partial charge in [0.25, 0.3) is 0 Å². The Labute approximate surface area is 376 Å². The van der Waals surface area contributed by atoms with Gasteiger partial charge in [-0.1, -0.05) is 225 Å². The molecule has 2 aromatic carbocycles. The lowest BCUT2D eigenvalue weighted by atomic mass is 10.0. The van der Waals surface area contributed by atoms with Crippen molar-refractivity contribution in [3.05, 3.63) is 48.5 Å². The fraction of sp³-hybridized carbons (Fsp3) is 0.778. The van der Waals surface area contributed by atoms with Gasteiger partial charge in [-0.05, 0) is 43.2 Å². The van der Waals surface area contributed by atoms with Crippen LogP contribution in [-0.2, 0) is 9.47 Å². The lowest BCUT2D eigenvalue weighted by molar-refractivity contribution is 0.0414. The zero-order valence-electron chi connectivity index (χ0n) is 39.9. The molecule has 0 aliphatic heterocycles. The molecule has 0 heterocycles. The van der Waals surface area contributed by atoms with Crippen LogP contribution in [0.1, 0.15) is 219 Å². The average molecular weight is 852 g/mol. The van der Waals surface area contributed by atoms with Crippen LogP contribution >= 0.6 is 0 Å². The molecule has 0 bridgehead atoms. The second kappa shape index (κ2) is 41.7. The van der Waals surface area contributed by atoms with Gasteiger partial charge in [-0.3, -0.25) is 0 Å². The van der Waals surface area contributed by atoms with E-state index in [1.54, 1.807) is 0 Å². The highest BCUT2D eigenvalue weighted by atomic mass is 16.5. The summed E-state index contributed by atoms with van der Waals surface area (Å²) in [4.78, 5) is 0. The molecule has 0 fully saturated rings. The summed E-state index contributed by atoms with van der Waals surface area (Å²) >= 11 is 0. The predicted molar refractivity (Wildman–Crippen MR) is 266 cm³/mol. The Kier molecular flexibility index (Phi) is 37.4. The number of aliphatic hydroxyl groups excluding tert-OH is 2. The Morgan fingerprint density at radius 1 is 0.393 bits per heavy atom. The first-order valence-electron chi connectivity index (χ1n) is 26.1. The summed E-state index contributed by atoms with van der Waals surface area (Å²) in [5, 5.41) is 31.8. The Hall–Kier alpha value is -2.32. The maximum Gasteiger partial charge on any atom is 0.0945 e. The van der Waals surface area contributed by atoms with Gasteiger partial charge < -0.3 is 35.6 Å². The standard InChI is InChI=1S/C54H97N3O4/c1-3-5-7-9-11-13-15-17-19-21-23-25-27-29-31-36-42-60-47-51(58)45-55-53-41-40-50(57-49-38-34-33-35-39-49)44-54(53)56-46-52(59)48-61-43-37-32-30-28-26-24-22-20-18-16-14-12-10-8-6-4-2/h33-35,38-41,44,51-52,55-59H,3-32,36-37,42-43,45-48H2,1-2H3.